The number of aromatic nitrogens is 2. The van der Waals surface area contributed by atoms with Crippen molar-refractivity contribution >= 4 is 27.5 Å². The van der Waals surface area contributed by atoms with Crippen LogP contribution in [0.1, 0.15) is 13.3 Å². The maximum atomic E-state index is 9.32. The third-order valence-electron chi connectivity index (χ3n) is 3.36. The Bertz CT molecular complexity index is 740. The molecular weight excluding hydrogens is 250 g/mol. The summed E-state index contributed by atoms with van der Waals surface area (Å²) in [6, 6.07) is 10.1. The molecule has 20 heavy (non-hydrogen) atoms. The van der Waals surface area contributed by atoms with E-state index in [9.17, 15) is 5.11 Å². The van der Waals surface area contributed by atoms with Gasteiger partial charge in [-0.1, -0.05) is 12.1 Å². The van der Waals surface area contributed by atoms with Crippen LogP contribution in [0.4, 0.5) is 5.69 Å². The summed E-state index contributed by atoms with van der Waals surface area (Å²) < 4.78 is 0. The van der Waals surface area contributed by atoms with Crippen LogP contribution in [0.2, 0.25) is 0 Å². The van der Waals surface area contributed by atoms with E-state index in [2.05, 4.69) is 27.4 Å². The first-order valence-electron chi connectivity index (χ1n) is 6.80. The van der Waals surface area contributed by atoms with E-state index in [1.807, 2.05) is 18.2 Å². The zero-order chi connectivity index (χ0) is 13.9. The number of fused-ring (bicyclic) bond motifs is 3. The van der Waals surface area contributed by atoms with Crippen LogP contribution in [0, 0.1) is 0 Å². The van der Waals surface area contributed by atoms with Gasteiger partial charge in [0.25, 0.3) is 0 Å². The Kier molecular flexibility index (Phi) is 3.48. The van der Waals surface area contributed by atoms with Gasteiger partial charge < -0.3 is 10.4 Å². The van der Waals surface area contributed by atoms with Gasteiger partial charge in [-0.25, -0.2) is 0 Å². The highest BCUT2D eigenvalue weighted by Gasteiger charge is 2.06. The Morgan fingerprint density at radius 1 is 1.10 bits per heavy atom. The van der Waals surface area contributed by atoms with Crippen LogP contribution in [-0.4, -0.2) is 27.7 Å². The predicted octanol–water partition coefficient (Wildman–Crippen LogP) is 2.97. The molecule has 4 nitrogen and oxygen atoms in total. The summed E-state index contributed by atoms with van der Waals surface area (Å²) in [7, 11) is 0. The molecule has 1 atom stereocenters. The fourth-order valence-electron chi connectivity index (χ4n) is 2.32. The average Bonchev–Trinajstić information content (AvgIpc) is 2.47. The molecule has 102 valence electrons. The van der Waals surface area contributed by atoms with Gasteiger partial charge >= 0.3 is 0 Å². The molecule has 0 aliphatic rings. The highest BCUT2D eigenvalue weighted by molar-refractivity contribution is 6.06. The molecule has 4 heteroatoms. The van der Waals surface area contributed by atoms with Crippen molar-refractivity contribution in [1.82, 2.24) is 9.97 Å². The van der Waals surface area contributed by atoms with E-state index in [-0.39, 0.29) is 6.10 Å². The molecule has 2 heterocycles. The third-order valence-corrected chi connectivity index (χ3v) is 3.36. The molecule has 0 radical (unpaired) electrons. The lowest BCUT2D eigenvalue weighted by molar-refractivity contribution is 0.189. The SMILES string of the molecule is C[C@H](O)CCNc1ccnc2c1ccc1cccnc12. The number of anilines is 1. The second-order valence-electron chi connectivity index (χ2n) is 4.96. The lowest BCUT2D eigenvalue weighted by Gasteiger charge is -2.11. The van der Waals surface area contributed by atoms with E-state index in [4.69, 9.17) is 0 Å². The monoisotopic (exact) mass is 267 g/mol. The molecular formula is C16H17N3O. The minimum Gasteiger partial charge on any atom is -0.393 e. The summed E-state index contributed by atoms with van der Waals surface area (Å²) in [5, 5.41) is 14.8. The van der Waals surface area contributed by atoms with Gasteiger partial charge in [0.15, 0.2) is 0 Å². The first-order chi connectivity index (χ1) is 9.75. The van der Waals surface area contributed by atoms with Crippen LogP contribution in [0.3, 0.4) is 0 Å². The van der Waals surface area contributed by atoms with Crippen molar-refractivity contribution in [3.05, 3.63) is 42.7 Å². The summed E-state index contributed by atoms with van der Waals surface area (Å²) >= 11 is 0. The first kappa shape index (κ1) is 12.8. The topological polar surface area (TPSA) is 58.0 Å². The summed E-state index contributed by atoms with van der Waals surface area (Å²) in [5.74, 6) is 0. The molecule has 2 N–H and O–H groups in total. The zero-order valence-electron chi connectivity index (χ0n) is 11.4. The van der Waals surface area contributed by atoms with Crippen molar-refractivity contribution in [2.24, 2.45) is 0 Å². The summed E-state index contributed by atoms with van der Waals surface area (Å²) in [6.45, 7) is 2.53. The number of pyridine rings is 2. The van der Waals surface area contributed by atoms with Crippen molar-refractivity contribution < 1.29 is 5.11 Å². The third kappa shape index (κ3) is 2.42. The quantitative estimate of drug-likeness (QED) is 0.713. The van der Waals surface area contributed by atoms with Crippen molar-refractivity contribution in [2.75, 3.05) is 11.9 Å². The minimum absolute atomic E-state index is 0.293. The van der Waals surface area contributed by atoms with Gasteiger partial charge in [-0.05, 0) is 31.5 Å². The molecule has 2 aromatic heterocycles. The molecule has 0 saturated carbocycles. The summed E-state index contributed by atoms with van der Waals surface area (Å²) in [4.78, 5) is 8.89. The van der Waals surface area contributed by atoms with Crippen LogP contribution >= 0.6 is 0 Å². The molecule has 0 aliphatic heterocycles. The van der Waals surface area contributed by atoms with E-state index in [0.717, 1.165) is 40.5 Å². The largest absolute Gasteiger partial charge is 0.393 e. The van der Waals surface area contributed by atoms with E-state index < -0.39 is 0 Å². The molecule has 0 aliphatic carbocycles. The van der Waals surface area contributed by atoms with Gasteiger partial charge in [-0.15, -0.1) is 0 Å². The molecule has 0 saturated heterocycles. The lowest BCUT2D eigenvalue weighted by atomic mass is 10.1. The molecule has 3 rings (SSSR count). The highest BCUT2D eigenvalue weighted by atomic mass is 16.3. The predicted molar refractivity (Wildman–Crippen MR) is 81.8 cm³/mol. The number of aliphatic hydroxyl groups excluding tert-OH is 1. The minimum atomic E-state index is -0.293. The Hall–Kier alpha value is -2.20. The number of hydrogen-bond acceptors (Lipinski definition) is 4. The first-order valence-corrected chi connectivity index (χ1v) is 6.80. The van der Waals surface area contributed by atoms with Crippen molar-refractivity contribution in [2.45, 2.75) is 19.4 Å². The maximum absolute atomic E-state index is 9.32. The molecule has 0 fully saturated rings. The van der Waals surface area contributed by atoms with E-state index in [1.54, 1.807) is 19.3 Å². The number of rotatable bonds is 4. The molecule has 0 bridgehead atoms. The Balaban J connectivity index is 2.04. The molecule has 1 aromatic carbocycles. The van der Waals surface area contributed by atoms with Gasteiger partial charge in [0, 0.05) is 35.4 Å². The van der Waals surface area contributed by atoms with Crippen molar-refractivity contribution in [3.63, 3.8) is 0 Å². The summed E-state index contributed by atoms with van der Waals surface area (Å²) in [6.07, 6.45) is 4.01. The van der Waals surface area contributed by atoms with Gasteiger partial charge in [0.05, 0.1) is 17.1 Å². The van der Waals surface area contributed by atoms with E-state index >= 15 is 0 Å². The Morgan fingerprint density at radius 3 is 2.80 bits per heavy atom. The standard InChI is InChI=1S/C16H17N3O/c1-11(20)6-9-17-14-7-10-19-16-13(14)5-4-12-3-2-8-18-15(12)16/h2-5,7-8,10-11,20H,6,9H2,1H3,(H,17,19)/t11-/m0/s1. The number of nitrogens with one attached hydrogen (secondary N) is 1. The fourth-order valence-corrected chi connectivity index (χ4v) is 2.32. The fraction of sp³-hybridized carbons (Fsp3) is 0.250. The van der Waals surface area contributed by atoms with Gasteiger partial charge in [-0.2, -0.15) is 0 Å². The smallest absolute Gasteiger partial charge is 0.0985 e. The van der Waals surface area contributed by atoms with Crippen molar-refractivity contribution in [3.8, 4) is 0 Å². The van der Waals surface area contributed by atoms with Crippen LogP contribution in [0.5, 0.6) is 0 Å². The number of benzene rings is 1. The number of hydrogen-bond donors (Lipinski definition) is 2. The lowest BCUT2D eigenvalue weighted by Crippen LogP contribution is -2.10. The highest BCUT2D eigenvalue weighted by Crippen LogP contribution is 2.27. The van der Waals surface area contributed by atoms with Crippen molar-refractivity contribution in [1.29, 1.82) is 0 Å². The van der Waals surface area contributed by atoms with E-state index in [0.29, 0.717) is 0 Å². The molecule has 0 spiro atoms. The van der Waals surface area contributed by atoms with Crippen LogP contribution in [0.15, 0.2) is 42.7 Å². The second kappa shape index (κ2) is 5.43. The van der Waals surface area contributed by atoms with Gasteiger partial charge in [-0.3, -0.25) is 9.97 Å². The normalized spacial score (nSPS) is 12.7. The molecule has 0 amide bonds. The summed E-state index contributed by atoms with van der Waals surface area (Å²) in [5.41, 5.74) is 2.86. The average molecular weight is 267 g/mol. The Morgan fingerprint density at radius 2 is 1.95 bits per heavy atom. The van der Waals surface area contributed by atoms with Crippen LogP contribution in [0.25, 0.3) is 21.8 Å². The molecule has 0 unspecified atom stereocenters. The van der Waals surface area contributed by atoms with Gasteiger partial charge in [0.2, 0.25) is 0 Å². The number of nitrogens with zero attached hydrogens (tertiary/aromatic N) is 2. The van der Waals surface area contributed by atoms with E-state index in [1.165, 1.54) is 0 Å². The molecule has 3 aromatic rings. The second-order valence-corrected chi connectivity index (χ2v) is 4.96. The van der Waals surface area contributed by atoms with Crippen LogP contribution < -0.4 is 5.32 Å². The van der Waals surface area contributed by atoms with Crippen LogP contribution in [-0.2, 0) is 0 Å². The Labute approximate surface area is 117 Å². The number of aliphatic hydroxyl groups is 1. The zero-order valence-corrected chi connectivity index (χ0v) is 11.4. The maximum Gasteiger partial charge on any atom is 0.0985 e. The van der Waals surface area contributed by atoms with Gasteiger partial charge in [0.1, 0.15) is 0 Å².